The number of imidazole rings is 1. The van der Waals surface area contributed by atoms with Crippen LogP contribution in [0.15, 0.2) is 36.9 Å². The third-order valence-electron chi connectivity index (χ3n) is 2.58. The minimum Gasteiger partial charge on any atom is -0.457 e. The van der Waals surface area contributed by atoms with Gasteiger partial charge < -0.3 is 9.30 Å². The smallest absolute Gasteiger partial charge is 0.406 e. The molecule has 112 valence electrons. The summed E-state index contributed by atoms with van der Waals surface area (Å²) in [5.74, 6) is -0.503. The number of esters is 1. The second-order valence-corrected chi connectivity index (χ2v) is 4.29. The van der Waals surface area contributed by atoms with E-state index in [2.05, 4.69) is 9.97 Å². The van der Waals surface area contributed by atoms with Crippen LogP contribution in [0.1, 0.15) is 11.4 Å². The molecule has 0 unspecified atom stereocenters. The predicted octanol–water partition coefficient (Wildman–Crippen LogP) is 2.13. The third-order valence-corrected chi connectivity index (χ3v) is 2.58. The summed E-state index contributed by atoms with van der Waals surface area (Å²) in [4.78, 5) is 19.2. The number of alkyl halides is 3. The van der Waals surface area contributed by atoms with Crippen molar-refractivity contribution in [3.63, 3.8) is 0 Å². The van der Waals surface area contributed by atoms with Gasteiger partial charge in [-0.2, -0.15) is 13.2 Å². The van der Waals surface area contributed by atoms with Gasteiger partial charge >= 0.3 is 12.1 Å². The van der Waals surface area contributed by atoms with Gasteiger partial charge in [0.05, 0.1) is 6.42 Å². The van der Waals surface area contributed by atoms with Gasteiger partial charge in [-0.05, 0) is 11.6 Å². The molecule has 0 N–H and O–H groups in total. The topological polar surface area (TPSA) is 57.0 Å². The summed E-state index contributed by atoms with van der Waals surface area (Å²) in [6.45, 7) is -1.47. The van der Waals surface area contributed by atoms with Gasteiger partial charge in [-0.1, -0.05) is 6.07 Å². The molecule has 0 aliphatic heterocycles. The quantitative estimate of drug-likeness (QED) is 0.794. The Bertz CT molecular complexity index is 596. The highest BCUT2D eigenvalue weighted by molar-refractivity contribution is 5.72. The summed E-state index contributed by atoms with van der Waals surface area (Å²) in [5, 5.41) is 0. The molecule has 0 saturated heterocycles. The molecular formula is C13H12F3N3O2. The van der Waals surface area contributed by atoms with Crippen LogP contribution in [0.5, 0.6) is 0 Å². The van der Waals surface area contributed by atoms with Crippen LogP contribution in [0, 0.1) is 0 Å². The maximum atomic E-state index is 12.3. The molecule has 0 fully saturated rings. The maximum absolute atomic E-state index is 12.3. The zero-order chi connectivity index (χ0) is 15.3. The van der Waals surface area contributed by atoms with Gasteiger partial charge in [0, 0.05) is 24.8 Å². The molecule has 8 heteroatoms. The monoisotopic (exact) mass is 299 g/mol. The molecule has 0 aromatic carbocycles. The van der Waals surface area contributed by atoms with Crippen molar-refractivity contribution < 1.29 is 22.7 Å². The summed E-state index contributed by atoms with van der Waals surface area (Å²) in [6.07, 6.45) is 1.17. The van der Waals surface area contributed by atoms with Gasteiger partial charge in [0.25, 0.3) is 0 Å². The lowest BCUT2D eigenvalue weighted by Crippen LogP contribution is -2.20. The Morgan fingerprint density at radius 1 is 1.33 bits per heavy atom. The largest absolute Gasteiger partial charge is 0.457 e. The number of nitrogens with zero attached hydrogens (tertiary/aromatic N) is 3. The van der Waals surface area contributed by atoms with E-state index in [0.717, 1.165) is 4.57 Å². The van der Waals surface area contributed by atoms with Crippen LogP contribution in [0.2, 0.25) is 0 Å². The fourth-order valence-corrected chi connectivity index (χ4v) is 1.68. The van der Waals surface area contributed by atoms with Crippen molar-refractivity contribution in [2.75, 3.05) is 0 Å². The number of carbonyl (C=O) groups is 1. The molecule has 0 aliphatic carbocycles. The van der Waals surface area contributed by atoms with Crippen molar-refractivity contribution in [2.45, 2.75) is 25.7 Å². The van der Waals surface area contributed by atoms with Gasteiger partial charge in [0.1, 0.15) is 19.0 Å². The summed E-state index contributed by atoms with van der Waals surface area (Å²) in [6, 6.07) is 3.39. The lowest BCUT2D eigenvalue weighted by molar-refractivity contribution is -0.145. The Hall–Kier alpha value is -2.38. The number of carbonyl (C=O) groups excluding carboxylic acids is 1. The van der Waals surface area contributed by atoms with Crippen LogP contribution in [-0.4, -0.2) is 26.7 Å². The first-order valence-corrected chi connectivity index (χ1v) is 6.05. The highest BCUT2D eigenvalue weighted by Crippen LogP contribution is 2.18. The third kappa shape index (κ3) is 4.90. The van der Waals surface area contributed by atoms with Crippen LogP contribution in [0.3, 0.4) is 0 Å². The molecule has 2 rings (SSSR count). The lowest BCUT2D eigenvalue weighted by Gasteiger charge is -2.10. The second-order valence-electron chi connectivity index (χ2n) is 4.29. The summed E-state index contributed by atoms with van der Waals surface area (Å²) in [5.41, 5.74) is 0.668. The van der Waals surface area contributed by atoms with Crippen LogP contribution >= 0.6 is 0 Å². The molecule has 2 heterocycles. The number of ether oxygens (including phenoxy) is 1. The molecule has 0 spiro atoms. The molecule has 2 aromatic rings. The van der Waals surface area contributed by atoms with Crippen LogP contribution < -0.4 is 0 Å². The fraction of sp³-hybridized carbons (Fsp3) is 0.308. The Morgan fingerprint density at radius 3 is 2.81 bits per heavy atom. The van der Waals surface area contributed by atoms with Crippen LogP contribution in [0.4, 0.5) is 13.2 Å². The van der Waals surface area contributed by atoms with Gasteiger partial charge in [-0.15, -0.1) is 0 Å². The first-order chi connectivity index (χ1) is 9.94. The number of hydrogen-bond acceptors (Lipinski definition) is 4. The maximum Gasteiger partial charge on any atom is 0.406 e. The van der Waals surface area contributed by atoms with E-state index in [1.165, 1.54) is 18.6 Å². The molecule has 21 heavy (non-hydrogen) atoms. The average Bonchev–Trinajstić information content (AvgIpc) is 2.82. The van der Waals surface area contributed by atoms with E-state index < -0.39 is 18.7 Å². The number of hydrogen-bond donors (Lipinski definition) is 0. The van der Waals surface area contributed by atoms with Crippen molar-refractivity contribution >= 4 is 5.97 Å². The van der Waals surface area contributed by atoms with Crippen LogP contribution in [-0.2, 0) is 29.1 Å². The molecule has 0 radical (unpaired) electrons. The molecular weight excluding hydrogens is 287 g/mol. The van der Waals surface area contributed by atoms with Gasteiger partial charge in [0.15, 0.2) is 0 Å². The van der Waals surface area contributed by atoms with Crippen molar-refractivity contribution in [3.05, 3.63) is 48.3 Å². The zero-order valence-corrected chi connectivity index (χ0v) is 10.9. The van der Waals surface area contributed by atoms with Crippen molar-refractivity contribution in [1.82, 2.24) is 14.5 Å². The first kappa shape index (κ1) is 15.0. The molecule has 0 atom stereocenters. The summed E-state index contributed by atoms with van der Waals surface area (Å²) >= 11 is 0. The molecule has 2 aromatic heterocycles. The van der Waals surface area contributed by atoms with E-state index >= 15 is 0 Å². The molecule has 0 aliphatic rings. The van der Waals surface area contributed by atoms with Crippen molar-refractivity contribution in [2.24, 2.45) is 0 Å². The average molecular weight is 299 g/mol. The zero-order valence-electron chi connectivity index (χ0n) is 10.9. The highest BCUT2D eigenvalue weighted by Gasteiger charge is 2.28. The first-order valence-electron chi connectivity index (χ1n) is 6.05. The number of aromatic nitrogens is 3. The molecule has 0 bridgehead atoms. The Kier molecular flexibility index (Phi) is 4.56. The van der Waals surface area contributed by atoms with Gasteiger partial charge in [0.2, 0.25) is 0 Å². The number of pyridine rings is 1. The highest BCUT2D eigenvalue weighted by atomic mass is 19.4. The van der Waals surface area contributed by atoms with Gasteiger partial charge in [-0.3, -0.25) is 9.78 Å². The van der Waals surface area contributed by atoms with E-state index in [0.29, 0.717) is 5.56 Å². The predicted molar refractivity (Wildman–Crippen MR) is 66.0 cm³/mol. The molecule has 5 nitrogen and oxygen atoms in total. The minimum atomic E-state index is -4.35. The standard InChI is InChI=1S/C13H12F3N3O2/c14-13(15,16)9-19-5-4-18-11(19)8-21-12(20)6-10-2-1-3-17-7-10/h1-5,7H,6,8-9H2. The Balaban J connectivity index is 1.89. The van der Waals surface area contributed by atoms with E-state index in [4.69, 9.17) is 4.74 Å². The summed E-state index contributed by atoms with van der Waals surface area (Å²) in [7, 11) is 0. The number of halogens is 3. The van der Waals surface area contributed by atoms with Crippen LogP contribution in [0.25, 0.3) is 0 Å². The van der Waals surface area contributed by atoms with E-state index in [-0.39, 0.29) is 18.9 Å². The SMILES string of the molecule is O=C(Cc1cccnc1)OCc1nccn1CC(F)(F)F. The Morgan fingerprint density at radius 2 is 2.14 bits per heavy atom. The number of rotatable bonds is 5. The molecule has 0 amide bonds. The normalized spacial score (nSPS) is 11.4. The fourth-order valence-electron chi connectivity index (χ4n) is 1.68. The molecule has 0 saturated carbocycles. The van der Waals surface area contributed by atoms with E-state index in [1.54, 1.807) is 18.3 Å². The van der Waals surface area contributed by atoms with E-state index in [1.807, 2.05) is 0 Å². The summed E-state index contributed by atoms with van der Waals surface area (Å²) < 4.78 is 42.8. The van der Waals surface area contributed by atoms with Gasteiger partial charge in [-0.25, -0.2) is 4.98 Å². The van der Waals surface area contributed by atoms with Crippen molar-refractivity contribution in [3.8, 4) is 0 Å². The lowest BCUT2D eigenvalue weighted by atomic mass is 10.2. The van der Waals surface area contributed by atoms with Crippen molar-refractivity contribution in [1.29, 1.82) is 0 Å². The van der Waals surface area contributed by atoms with E-state index in [9.17, 15) is 18.0 Å². The Labute approximate surface area is 118 Å². The minimum absolute atomic E-state index is 0.00776. The second kappa shape index (κ2) is 6.38.